The van der Waals surface area contributed by atoms with Crippen LogP contribution in [0.4, 0.5) is 0 Å². The fraction of sp³-hybridized carbons (Fsp3) is 0.250. The first-order chi connectivity index (χ1) is 15.5. The molecule has 1 aromatic heterocycles. The minimum Gasteiger partial charge on any atom is -0.539 e. The van der Waals surface area contributed by atoms with Crippen molar-refractivity contribution in [3.63, 3.8) is 0 Å². The highest BCUT2D eigenvalue weighted by Crippen LogP contribution is 2.41. The second kappa shape index (κ2) is 9.05. The lowest BCUT2D eigenvalue weighted by atomic mass is 9.74. The van der Waals surface area contributed by atoms with Crippen molar-refractivity contribution in [1.82, 2.24) is 5.27 Å². The number of hydrogen-bond acceptors (Lipinski definition) is 7. The van der Waals surface area contributed by atoms with Gasteiger partial charge in [-0.2, -0.15) is 0 Å². The first-order valence-electron chi connectivity index (χ1n) is 10.2. The number of aromatic nitrogens is 2. The number of carbonyl (C=O) groups is 2. The first-order valence-corrected chi connectivity index (χ1v) is 10.2. The molecule has 0 saturated heterocycles. The predicted molar refractivity (Wildman–Crippen MR) is 111 cm³/mol. The lowest BCUT2D eigenvalue weighted by Gasteiger charge is -2.28. The van der Waals surface area contributed by atoms with Crippen molar-refractivity contribution in [1.29, 1.82) is 0 Å². The molecule has 0 radical (unpaired) electrons. The van der Waals surface area contributed by atoms with E-state index in [1.165, 1.54) is 10.8 Å². The number of esters is 1. The Morgan fingerprint density at radius 2 is 1.91 bits per heavy atom. The Balaban J connectivity index is 1.78. The van der Waals surface area contributed by atoms with Crippen molar-refractivity contribution < 1.29 is 33.4 Å². The molecule has 0 amide bonds. The van der Waals surface area contributed by atoms with Gasteiger partial charge in [0.1, 0.15) is 11.7 Å². The maximum absolute atomic E-state index is 13.1. The van der Waals surface area contributed by atoms with Crippen LogP contribution in [0.25, 0.3) is 11.3 Å². The summed E-state index contributed by atoms with van der Waals surface area (Å²) in [6, 6.07) is 16.2. The zero-order chi connectivity index (χ0) is 22.7. The van der Waals surface area contributed by atoms with Crippen LogP contribution in [0.3, 0.4) is 0 Å². The average molecular weight is 434 g/mol. The Kier molecular flexibility index (Phi) is 6.02. The summed E-state index contributed by atoms with van der Waals surface area (Å²) in [6.07, 6.45) is 1.60. The van der Waals surface area contributed by atoms with Gasteiger partial charge in [-0.05, 0) is 41.8 Å². The van der Waals surface area contributed by atoms with E-state index in [-0.39, 0.29) is 18.7 Å². The first kappa shape index (κ1) is 21.3. The van der Waals surface area contributed by atoms with Crippen molar-refractivity contribution in [2.75, 3.05) is 13.7 Å². The van der Waals surface area contributed by atoms with Crippen molar-refractivity contribution in [2.45, 2.75) is 19.3 Å². The quantitative estimate of drug-likeness (QED) is 0.333. The van der Waals surface area contributed by atoms with Gasteiger partial charge in [0.25, 0.3) is 5.69 Å². The van der Waals surface area contributed by atoms with E-state index in [1.54, 1.807) is 38.3 Å². The summed E-state index contributed by atoms with van der Waals surface area (Å²) in [7, 11) is 1.56. The van der Waals surface area contributed by atoms with E-state index in [0.717, 1.165) is 5.56 Å². The highest BCUT2D eigenvalue weighted by atomic mass is 16.6. The summed E-state index contributed by atoms with van der Waals surface area (Å²) in [6.45, 7) is 1.87. The molecule has 0 bridgehead atoms. The van der Waals surface area contributed by atoms with Gasteiger partial charge in [0.05, 0.1) is 19.0 Å². The minimum absolute atomic E-state index is 0.145. The van der Waals surface area contributed by atoms with Crippen molar-refractivity contribution in [3.8, 4) is 17.4 Å². The molecule has 1 aliphatic rings. The second-order valence-corrected chi connectivity index (χ2v) is 7.34. The maximum Gasteiger partial charge on any atom is 0.317 e. The predicted octanol–water partition coefficient (Wildman–Crippen LogP) is 2.35. The number of ketones is 1. The monoisotopic (exact) mass is 434 g/mol. The molecule has 2 aromatic carbocycles. The number of nitrogens with zero attached hydrogens (tertiary/aromatic N) is 2. The Morgan fingerprint density at radius 3 is 2.56 bits per heavy atom. The Labute approximate surface area is 184 Å². The summed E-state index contributed by atoms with van der Waals surface area (Å²) >= 11 is 0. The van der Waals surface area contributed by atoms with Gasteiger partial charge < -0.3 is 19.1 Å². The van der Waals surface area contributed by atoms with E-state index in [0.29, 0.717) is 17.0 Å². The van der Waals surface area contributed by atoms with Gasteiger partial charge in [-0.25, -0.2) is 0 Å². The van der Waals surface area contributed by atoms with E-state index >= 15 is 0 Å². The Hall–Kier alpha value is -3.94. The van der Waals surface area contributed by atoms with E-state index in [9.17, 15) is 14.7 Å². The van der Waals surface area contributed by atoms with Crippen LogP contribution in [-0.2, 0) is 14.3 Å². The SMILES string of the molecule is CCOC(=O)C1C(=O)C=C(c2c([O-])on[n+]2-c2ccc(OC)cc2)CC1c1ccccc1. The molecule has 8 nitrogen and oxygen atoms in total. The average Bonchev–Trinajstić information content (AvgIpc) is 3.20. The van der Waals surface area contributed by atoms with Crippen LogP contribution in [0.1, 0.15) is 30.5 Å². The molecule has 1 heterocycles. The molecular weight excluding hydrogens is 412 g/mol. The van der Waals surface area contributed by atoms with Crippen LogP contribution in [0, 0.1) is 5.92 Å². The standard InChI is InChI=1S/C24H22N2O6/c1-3-31-23(28)21-19(15-7-5-4-6-8-15)13-16(14-20(21)27)22-24(29)32-25-26(22)17-9-11-18(30-2)12-10-17/h4-12,14,19,21H,3,13H2,1-2H3. The number of allylic oxidation sites excluding steroid dienone is 2. The van der Waals surface area contributed by atoms with Crippen LogP contribution in [-0.4, -0.2) is 30.7 Å². The van der Waals surface area contributed by atoms with E-state index in [4.69, 9.17) is 14.0 Å². The fourth-order valence-electron chi connectivity index (χ4n) is 3.98. The summed E-state index contributed by atoms with van der Waals surface area (Å²) in [5, 5.41) is 16.5. The van der Waals surface area contributed by atoms with E-state index in [2.05, 4.69) is 5.27 Å². The maximum atomic E-state index is 13.1. The van der Waals surface area contributed by atoms with Gasteiger partial charge in [-0.3, -0.25) is 9.59 Å². The molecule has 0 spiro atoms. The third kappa shape index (κ3) is 3.99. The van der Waals surface area contributed by atoms with Gasteiger partial charge in [0.15, 0.2) is 11.7 Å². The number of hydrogen-bond donors (Lipinski definition) is 0. The van der Waals surface area contributed by atoms with Crippen molar-refractivity contribution in [2.24, 2.45) is 5.92 Å². The lowest BCUT2D eigenvalue weighted by Crippen LogP contribution is -2.39. The normalized spacial score (nSPS) is 18.2. The number of carbonyl (C=O) groups excluding carboxylic acids is 2. The van der Waals surface area contributed by atoms with Gasteiger partial charge >= 0.3 is 5.97 Å². The smallest absolute Gasteiger partial charge is 0.317 e. The largest absolute Gasteiger partial charge is 0.539 e. The molecule has 2 unspecified atom stereocenters. The molecule has 0 fully saturated rings. The number of benzene rings is 2. The van der Waals surface area contributed by atoms with Crippen LogP contribution in [0.15, 0.2) is 65.2 Å². The van der Waals surface area contributed by atoms with Crippen LogP contribution in [0.5, 0.6) is 11.7 Å². The fourth-order valence-corrected chi connectivity index (χ4v) is 3.98. The molecule has 2 atom stereocenters. The summed E-state index contributed by atoms with van der Waals surface area (Å²) in [5.74, 6) is -2.47. The molecule has 1 aliphatic carbocycles. The zero-order valence-corrected chi connectivity index (χ0v) is 17.7. The van der Waals surface area contributed by atoms with Gasteiger partial charge in [0.2, 0.25) is 5.69 Å². The van der Waals surface area contributed by atoms with Crippen LogP contribution >= 0.6 is 0 Å². The second-order valence-electron chi connectivity index (χ2n) is 7.34. The molecular formula is C24H22N2O6. The summed E-state index contributed by atoms with van der Waals surface area (Å²) < 4.78 is 16.6. The molecule has 32 heavy (non-hydrogen) atoms. The summed E-state index contributed by atoms with van der Waals surface area (Å²) in [4.78, 5) is 25.7. The third-order valence-corrected chi connectivity index (χ3v) is 5.47. The topological polar surface area (TPSA) is 106 Å². The Morgan fingerprint density at radius 1 is 1.19 bits per heavy atom. The molecule has 4 rings (SSSR count). The molecule has 0 aliphatic heterocycles. The third-order valence-electron chi connectivity index (χ3n) is 5.47. The molecule has 0 N–H and O–H groups in total. The highest BCUT2D eigenvalue weighted by molar-refractivity contribution is 6.10. The van der Waals surface area contributed by atoms with Gasteiger partial charge in [-0.1, -0.05) is 30.3 Å². The van der Waals surface area contributed by atoms with E-state index in [1.807, 2.05) is 30.3 Å². The van der Waals surface area contributed by atoms with Crippen molar-refractivity contribution >= 4 is 17.3 Å². The number of methoxy groups -OCH3 is 1. The van der Waals surface area contributed by atoms with Gasteiger partial charge in [0, 0.05) is 23.6 Å². The molecule has 164 valence electrons. The zero-order valence-electron chi connectivity index (χ0n) is 17.7. The van der Waals surface area contributed by atoms with Crippen molar-refractivity contribution in [3.05, 3.63) is 71.9 Å². The highest BCUT2D eigenvalue weighted by Gasteiger charge is 2.42. The lowest BCUT2D eigenvalue weighted by molar-refractivity contribution is -0.672. The molecule has 3 aromatic rings. The molecule has 8 heteroatoms. The summed E-state index contributed by atoms with van der Waals surface area (Å²) in [5.41, 5.74) is 1.98. The number of ether oxygens (including phenoxy) is 2. The van der Waals surface area contributed by atoms with Crippen LogP contribution < -0.4 is 14.5 Å². The van der Waals surface area contributed by atoms with E-state index < -0.39 is 29.5 Å². The molecule has 0 saturated carbocycles. The Bertz CT molecular complexity index is 1150. The number of rotatable bonds is 6. The van der Waals surface area contributed by atoms with Gasteiger partial charge in [-0.15, -0.1) is 0 Å². The van der Waals surface area contributed by atoms with Crippen LogP contribution in [0.2, 0.25) is 0 Å². The minimum atomic E-state index is -0.981.